The highest BCUT2D eigenvalue weighted by atomic mass is 16.5. The molecule has 2 N–H and O–H groups in total. The van der Waals surface area contributed by atoms with Crippen LogP contribution in [0.5, 0.6) is 23.0 Å². The fraction of sp³-hybridized carbons (Fsp3) is 0.500. The van der Waals surface area contributed by atoms with Gasteiger partial charge in [-0.1, -0.05) is 6.92 Å². The number of benzene rings is 2. The minimum absolute atomic E-state index is 0.147. The van der Waals surface area contributed by atoms with Crippen molar-refractivity contribution in [3.8, 4) is 23.0 Å². The molecule has 0 aliphatic carbocycles. The second kappa shape index (κ2) is 11.6. The van der Waals surface area contributed by atoms with E-state index in [0.717, 1.165) is 36.0 Å². The van der Waals surface area contributed by atoms with Gasteiger partial charge in [0, 0.05) is 0 Å². The zero-order chi connectivity index (χ0) is 21.9. The van der Waals surface area contributed by atoms with Crippen LogP contribution in [0.3, 0.4) is 0 Å². The van der Waals surface area contributed by atoms with Crippen molar-refractivity contribution in [1.29, 1.82) is 0 Å². The molecule has 29 heavy (non-hydrogen) atoms. The summed E-state index contributed by atoms with van der Waals surface area (Å²) in [7, 11) is 0. The quantitative estimate of drug-likeness (QED) is 0.591. The van der Waals surface area contributed by atoms with Crippen molar-refractivity contribution in [2.24, 2.45) is 5.73 Å². The normalized spacial score (nSPS) is 11.2. The molecule has 0 atom stereocenters. The molecule has 0 unspecified atom stereocenters. The third-order valence-electron chi connectivity index (χ3n) is 3.22. The van der Waals surface area contributed by atoms with Crippen molar-refractivity contribution >= 4 is 0 Å². The van der Waals surface area contributed by atoms with Crippen molar-refractivity contribution in [3.63, 3.8) is 0 Å². The van der Waals surface area contributed by atoms with Gasteiger partial charge < -0.3 is 18.9 Å². The lowest BCUT2D eigenvalue weighted by Crippen LogP contribution is -2.22. The molecule has 0 bridgehead atoms. The maximum Gasteiger partial charge on any atom is 0.137 e. The first kappa shape index (κ1) is 24.6. The molecule has 162 valence electrons. The maximum absolute atomic E-state index is 5.71. The minimum atomic E-state index is -0.170. The molecule has 2 aromatic carbocycles. The highest BCUT2D eigenvalue weighted by Crippen LogP contribution is 2.22. The molecule has 0 aliphatic heterocycles. The van der Waals surface area contributed by atoms with Crippen molar-refractivity contribution in [2.45, 2.75) is 66.1 Å². The summed E-state index contributed by atoms with van der Waals surface area (Å²) in [6, 6.07) is 15.2. The number of hydrogen-bond acceptors (Lipinski definition) is 5. The highest BCUT2D eigenvalue weighted by Gasteiger charge is 2.12. The summed E-state index contributed by atoms with van der Waals surface area (Å²) in [5.41, 5.74) is 4.93. The average Bonchev–Trinajstić information content (AvgIpc) is 2.61. The van der Waals surface area contributed by atoms with Crippen molar-refractivity contribution in [1.82, 2.24) is 0 Å². The fourth-order valence-electron chi connectivity index (χ4n) is 2.23. The monoisotopic (exact) mass is 403 g/mol. The van der Waals surface area contributed by atoms with Crippen LogP contribution in [-0.4, -0.2) is 24.5 Å². The van der Waals surface area contributed by atoms with Crippen LogP contribution in [0.4, 0.5) is 0 Å². The van der Waals surface area contributed by atoms with E-state index in [1.165, 1.54) is 0 Å². The van der Waals surface area contributed by atoms with E-state index in [1.807, 2.05) is 90.1 Å². The van der Waals surface area contributed by atoms with Crippen LogP contribution in [0.2, 0.25) is 0 Å². The number of nitrogens with two attached hydrogens (primary N) is 1. The first-order chi connectivity index (χ1) is 13.5. The van der Waals surface area contributed by atoms with Crippen molar-refractivity contribution in [2.75, 3.05) is 13.3 Å². The Balaban J connectivity index is 0.000000291. The highest BCUT2D eigenvalue weighted by molar-refractivity contribution is 5.32. The molecule has 0 saturated carbocycles. The van der Waals surface area contributed by atoms with E-state index in [-0.39, 0.29) is 17.9 Å². The molecule has 5 heteroatoms. The minimum Gasteiger partial charge on any atom is -0.494 e. The molecular formula is C24H37NO4. The van der Waals surface area contributed by atoms with E-state index in [9.17, 15) is 0 Å². The Kier molecular flexibility index (Phi) is 9.83. The number of rotatable bonds is 7. The first-order valence-electron chi connectivity index (χ1n) is 10.1. The van der Waals surface area contributed by atoms with Gasteiger partial charge in [0.15, 0.2) is 0 Å². The van der Waals surface area contributed by atoms with Crippen LogP contribution in [0.1, 0.15) is 54.9 Å². The summed E-state index contributed by atoms with van der Waals surface area (Å²) < 4.78 is 22.0. The molecule has 2 aromatic rings. The molecular weight excluding hydrogens is 366 g/mol. The molecule has 0 aromatic heterocycles. The van der Waals surface area contributed by atoms with Gasteiger partial charge in [0.2, 0.25) is 0 Å². The van der Waals surface area contributed by atoms with Gasteiger partial charge in [0.25, 0.3) is 0 Å². The van der Waals surface area contributed by atoms with E-state index < -0.39 is 0 Å². The Morgan fingerprint density at radius 3 is 1.28 bits per heavy atom. The molecule has 0 saturated heterocycles. The van der Waals surface area contributed by atoms with Gasteiger partial charge >= 0.3 is 0 Å². The SMILES string of the molecule is CC(C)(C)Oc1ccc(OCN)cc1.CCCOc1ccc(OC(C)(C)C)cc1. The largest absolute Gasteiger partial charge is 0.494 e. The van der Waals surface area contributed by atoms with E-state index in [1.54, 1.807) is 0 Å². The molecule has 0 aliphatic rings. The topological polar surface area (TPSA) is 62.9 Å². The van der Waals surface area contributed by atoms with Gasteiger partial charge in [-0.2, -0.15) is 0 Å². The van der Waals surface area contributed by atoms with Gasteiger partial charge in [-0.05, 0) is 96.5 Å². The first-order valence-corrected chi connectivity index (χ1v) is 10.1. The number of hydrogen-bond donors (Lipinski definition) is 1. The molecule has 0 spiro atoms. The van der Waals surface area contributed by atoms with E-state index in [2.05, 4.69) is 6.92 Å². The van der Waals surface area contributed by atoms with Crippen molar-refractivity contribution < 1.29 is 18.9 Å². The lowest BCUT2D eigenvalue weighted by atomic mass is 10.2. The van der Waals surface area contributed by atoms with Gasteiger partial charge in [-0.25, -0.2) is 0 Å². The Morgan fingerprint density at radius 1 is 0.621 bits per heavy atom. The second-order valence-corrected chi connectivity index (χ2v) is 8.53. The van der Waals surface area contributed by atoms with Gasteiger partial charge in [0.05, 0.1) is 6.61 Å². The molecule has 0 heterocycles. The fourth-order valence-corrected chi connectivity index (χ4v) is 2.23. The van der Waals surface area contributed by atoms with Crippen LogP contribution >= 0.6 is 0 Å². The summed E-state index contributed by atoms with van der Waals surface area (Å²) in [6.45, 7) is 15.2. The van der Waals surface area contributed by atoms with E-state index in [0.29, 0.717) is 0 Å². The maximum atomic E-state index is 5.71. The average molecular weight is 404 g/mol. The molecule has 0 amide bonds. The third kappa shape index (κ3) is 11.9. The second-order valence-electron chi connectivity index (χ2n) is 8.53. The Labute approximate surface area is 176 Å². The predicted octanol–water partition coefficient (Wildman–Crippen LogP) is 5.81. The van der Waals surface area contributed by atoms with Gasteiger partial charge in [-0.15, -0.1) is 0 Å². The van der Waals surface area contributed by atoms with Gasteiger partial charge in [0.1, 0.15) is 40.9 Å². The van der Waals surface area contributed by atoms with Crippen LogP contribution in [-0.2, 0) is 0 Å². The smallest absolute Gasteiger partial charge is 0.137 e. The predicted molar refractivity (Wildman–Crippen MR) is 119 cm³/mol. The van der Waals surface area contributed by atoms with Crippen LogP contribution in [0, 0.1) is 0 Å². The van der Waals surface area contributed by atoms with Crippen LogP contribution in [0.15, 0.2) is 48.5 Å². The molecule has 0 fully saturated rings. The Morgan fingerprint density at radius 2 is 0.966 bits per heavy atom. The third-order valence-corrected chi connectivity index (χ3v) is 3.22. The lowest BCUT2D eigenvalue weighted by molar-refractivity contribution is 0.130. The Bertz CT molecular complexity index is 683. The summed E-state index contributed by atoms with van der Waals surface area (Å²) >= 11 is 0. The number of ether oxygens (including phenoxy) is 4. The van der Waals surface area contributed by atoms with Crippen molar-refractivity contribution in [3.05, 3.63) is 48.5 Å². The van der Waals surface area contributed by atoms with Crippen LogP contribution in [0.25, 0.3) is 0 Å². The van der Waals surface area contributed by atoms with Crippen LogP contribution < -0.4 is 24.7 Å². The molecule has 2 rings (SSSR count). The zero-order valence-corrected chi connectivity index (χ0v) is 19.0. The zero-order valence-electron chi connectivity index (χ0n) is 19.0. The molecule has 5 nitrogen and oxygen atoms in total. The van der Waals surface area contributed by atoms with E-state index in [4.69, 9.17) is 24.7 Å². The summed E-state index contributed by atoms with van der Waals surface area (Å²) in [5.74, 6) is 3.38. The summed E-state index contributed by atoms with van der Waals surface area (Å²) in [4.78, 5) is 0. The Hall–Kier alpha value is -2.40. The summed E-state index contributed by atoms with van der Waals surface area (Å²) in [5, 5.41) is 0. The molecule has 0 radical (unpaired) electrons. The summed E-state index contributed by atoms with van der Waals surface area (Å²) in [6.07, 6.45) is 1.03. The lowest BCUT2D eigenvalue weighted by Gasteiger charge is -2.21. The standard InChI is InChI=1S/C13H20O2.C11H17NO2/c1-5-10-14-11-6-8-12(9-7-11)15-13(2,3)4;1-11(2,3)14-10-6-4-9(5-7-10)13-8-12/h6-9H,5,10H2,1-4H3;4-7H,8,12H2,1-3H3. The van der Waals surface area contributed by atoms with Gasteiger partial charge in [-0.3, -0.25) is 5.73 Å². The van der Waals surface area contributed by atoms with E-state index >= 15 is 0 Å².